The number of rotatable bonds is 6. The van der Waals surface area contributed by atoms with Gasteiger partial charge in [0.1, 0.15) is 0 Å². The van der Waals surface area contributed by atoms with Gasteiger partial charge in [0, 0.05) is 19.8 Å². The fourth-order valence-corrected chi connectivity index (χ4v) is 2.99. The quantitative estimate of drug-likeness (QED) is 0.487. The van der Waals surface area contributed by atoms with E-state index in [4.69, 9.17) is 0 Å². The van der Waals surface area contributed by atoms with Crippen LogP contribution >= 0.6 is 0 Å². The summed E-state index contributed by atoms with van der Waals surface area (Å²) in [7, 11) is 1.66. The molecule has 0 aliphatic carbocycles. The van der Waals surface area contributed by atoms with E-state index in [9.17, 15) is 13.2 Å². The van der Waals surface area contributed by atoms with Gasteiger partial charge in [-0.15, -0.1) is 10.2 Å². The Morgan fingerprint density at radius 3 is 2.72 bits per heavy atom. The molecule has 2 aromatic heterocycles. The zero-order chi connectivity index (χ0) is 20.9. The lowest BCUT2D eigenvalue weighted by Crippen LogP contribution is -2.38. The molecule has 6 nitrogen and oxygen atoms in total. The summed E-state index contributed by atoms with van der Waals surface area (Å²) >= 11 is 0. The van der Waals surface area contributed by atoms with Crippen LogP contribution in [0.15, 0.2) is 53.7 Å². The van der Waals surface area contributed by atoms with Crippen molar-refractivity contribution < 1.29 is 13.2 Å². The molecule has 1 atom stereocenters. The van der Waals surface area contributed by atoms with Gasteiger partial charge in [0.25, 0.3) is 0 Å². The van der Waals surface area contributed by atoms with Crippen LogP contribution in [0.5, 0.6) is 0 Å². The summed E-state index contributed by atoms with van der Waals surface area (Å²) in [4.78, 5) is 4.17. The molecule has 0 saturated carbocycles. The summed E-state index contributed by atoms with van der Waals surface area (Å²) in [5.74, 6) is 1.32. The Bertz CT molecular complexity index is 980. The molecular formula is C20H23F3N6. The van der Waals surface area contributed by atoms with Gasteiger partial charge >= 0.3 is 6.18 Å². The van der Waals surface area contributed by atoms with Crippen LogP contribution in [0.3, 0.4) is 0 Å². The Kier molecular flexibility index (Phi) is 6.36. The van der Waals surface area contributed by atoms with Crippen LogP contribution in [-0.2, 0) is 12.7 Å². The van der Waals surface area contributed by atoms with Gasteiger partial charge in [0.2, 0.25) is 0 Å². The van der Waals surface area contributed by atoms with E-state index in [0.717, 1.165) is 17.5 Å². The summed E-state index contributed by atoms with van der Waals surface area (Å²) in [6.45, 7) is 2.92. The number of guanidine groups is 1. The molecule has 2 N–H and O–H groups in total. The number of pyridine rings is 1. The van der Waals surface area contributed by atoms with Crippen molar-refractivity contribution in [3.8, 4) is 0 Å². The van der Waals surface area contributed by atoms with Gasteiger partial charge in [-0.05, 0) is 36.1 Å². The van der Waals surface area contributed by atoms with Gasteiger partial charge in [-0.25, -0.2) is 0 Å². The van der Waals surface area contributed by atoms with Gasteiger partial charge in [-0.1, -0.05) is 31.2 Å². The SMILES string of the molecule is CN=C(NCCC(C)c1cccc(C(F)(F)F)c1)NCc1nnc2ccccn12. The highest BCUT2D eigenvalue weighted by Gasteiger charge is 2.30. The highest BCUT2D eigenvalue weighted by molar-refractivity contribution is 5.79. The van der Waals surface area contributed by atoms with E-state index in [1.165, 1.54) is 12.1 Å². The van der Waals surface area contributed by atoms with Gasteiger partial charge in [-0.2, -0.15) is 13.2 Å². The number of nitrogens with zero attached hydrogens (tertiary/aromatic N) is 4. The standard InChI is InChI=1S/C20H23F3N6/c1-14(15-6-5-7-16(12-15)20(21,22)23)9-10-25-19(24-2)26-13-18-28-27-17-8-3-4-11-29(17)18/h3-8,11-12,14H,9-10,13H2,1-2H3,(H2,24,25,26). The molecule has 9 heteroatoms. The normalized spacial score (nSPS) is 13.5. The molecule has 0 fully saturated rings. The van der Waals surface area contributed by atoms with Gasteiger partial charge in [-0.3, -0.25) is 9.39 Å². The molecule has 0 aliphatic heterocycles. The first-order chi connectivity index (χ1) is 13.9. The molecule has 0 amide bonds. The molecular weight excluding hydrogens is 381 g/mol. The third kappa shape index (κ3) is 5.24. The van der Waals surface area contributed by atoms with Crippen LogP contribution in [0.2, 0.25) is 0 Å². The number of aliphatic imine (C=N–C) groups is 1. The molecule has 154 valence electrons. The Labute approximate surface area is 166 Å². The number of hydrogen-bond donors (Lipinski definition) is 2. The van der Waals surface area contributed by atoms with Crippen LogP contribution in [0.4, 0.5) is 13.2 Å². The average molecular weight is 404 g/mol. The maximum Gasteiger partial charge on any atom is 0.416 e. The number of alkyl halides is 3. The molecule has 1 unspecified atom stereocenters. The monoisotopic (exact) mass is 404 g/mol. The van der Waals surface area contributed by atoms with Crippen molar-refractivity contribution in [3.05, 3.63) is 65.6 Å². The lowest BCUT2D eigenvalue weighted by Gasteiger charge is -2.16. The zero-order valence-electron chi connectivity index (χ0n) is 16.2. The Morgan fingerprint density at radius 1 is 1.14 bits per heavy atom. The first kappa shape index (κ1) is 20.6. The Balaban J connectivity index is 1.51. The van der Waals surface area contributed by atoms with Gasteiger partial charge in [0.05, 0.1) is 12.1 Å². The van der Waals surface area contributed by atoms with Crippen LogP contribution in [0.1, 0.15) is 36.2 Å². The summed E-state index contributed by atoms with van der Waals surface area (Å²) in [6, 6.07) is 11.2. The van der Waals surface area contributed by atoms with Crippen LogP contribution < -0.4 is 10.6 Å². The molecule has 0 bridgehead atoms. The number of hydrogen-bond acceptors (Lipinski definition) is 3. The number of nitrogens with one attached hydrogen (secondary N) is 2. The first-order valence-corrected chi connectivity index (χ1v) is 9.29. The maximum absolute atomic E-state index is 12.9. The van der Waals surface area contributed by atoms with E-state index in [1.54, 1.807) is 13.1 Å². The molecule has 2 heterocycles. The van der Waals surface area contributed by atoms with E-state index < -0.39 is 11.7 Å². The van der Waals surface area contributed by atoms with Crippen molar-refractivity contribution in [2.75, 3.05) is 13.6 Å². The lowest BCUT2D eigenvalue weighted by molar-refractivity contribution is -0.137. The predicted octanol–water partition coefficient (Wildman–Crippen LogP) is 3.61. The summed E-state index contributed by atoms with van der Waals surface area (Å²) < 4.78 is 40.5. The smallest absolute Gasteiger partial charge is 0.356 e. The minimum Gasteiger partial charge on any atom is -0.356 e. The molecule has 0 spiro atoms. The predicted molar refractivity (Wildman–Crippen MR) is 106 cm³/mol. The second-order valence-electron chi connectivity index (χ2n) is 6.71. The molecule has 3 aromatic rings. The second kappa shape index (κ2) is 8.93. The molecule has 3 rings (SSSR count). The van der Waals surface area contributed by atoms with E-state index in [1.807, 2.05) is 35.7 Å². The van der Waals surface area contributed by atoms with E-state index >= 15 is 0 Å². The van der Waals surface area contributed by atoms with Crippen molar-refractivity contribution in [2.45, 2.75) is 32.0 Å². The summed E-state index contributed by atoms with van der Waals surface area (Å²) in [5, 5.41) is 14.6. The largest absolute Gasteiger partial charge is 0.416 e. The van der Waals surface area contributed by atoms with Gasteiger partial charge in [0.15, 0.2) is 17.4 Å². The maximum atomic E-state index is 12.9. The van der Waals surface area contributed by atoms with Crippen molar-refractivity contribution in [2.24, 2.45) is 4.99 Å². The van der Waals surface area contributed by atoms with Crippen molar-refractivity contribution in [1.82, 2.24) is 25.2 Å². The lowest BCUT2D eigenvalue weighted by atomic mass is 9.96. The fourth-order valence-electron chi connectivity index (χ4n) is 2.99. The third-order valence-corrected chi connectivity index (χ3v) is 4.67. The van der Waals surface area contributed by atoms with E-state index in [0.29, 0.717) is 31.0 Å². The molecule has 1 aromatic carbocycles. The second-order valence-corrected chi connectivity index (χ2v) is 6.71. The Morgan fingerprint density at radius 2 is 1.97 bits per heavy atom. The van der Waals surface area contributed by atoms with Crippen molar-refractivity contribution in [3.63, 3.8) is 0 Å². The van der Waals surface area contributed by atoms with Crippen LogP contribution in [0, 0.1) is 0 Å². The van der Waals surface area contributed by atoms with E-state index in [-0.39, 0.29) is 5.92 Å². The number of aromatic nitrogens is 3. The molecule has 0 radical (unpaired) electrons. The Hall–Kier alpha value is -3.10. The number of fused-ring (bicyclic) bond motifs is 1. The fraction of sp³-hybridized carbons (Fsp3) is 0.350. The summed E-state index contributed by atoms with van der Waals surface area (Å²) in [6.07, 6.45) is -1.78. The third-order valence-electron chi connectivity index (χ3n) is 4.67. The van der Waals surface area contributed by atoms with Gasteiger partial charge < -0.3 is 10.6 Å². The van der Waals surface area contributed by atoms with Crippen LogP contribution in [-0.4, -0.2) is 34.2 Å². The van der Waals surface area contributed by atoms with Crippen molar-refractivity contribution in [1.29, 1.82) is 0 Å². The zero-order valence-corrected chi connectivity index (χ0v) is 16.2. The minimum atomic E-state index is -4.33. The molecule has 0 saturated heterocycles. The minimum absolute atomic E-state index is 0.0247. The average Bonchev–Trinajstić information content (AvgIpc) is 3.13. The topological polar surface area (TPSA) is 66.6 Å². The van der Waals surface area contributed by atoms with Crippen LogP contribution in [0.25, 0.3) is 5.65 Å². The molecule has 0 aliphatic rings. The van der Waals surface area contributed by atoms with E-state index in [2.05, 4.69) is 25.8 Å². The highest BCUT2D eigenvalue weighted by Crippen LogP contribution is 2.31. The molecule has 29 heavy (non-hydrogen) atoms. The first-order valence-electron chi connectivity index (χ1n) is 9.29. The summed E-state index contributed by atoms with van der Waals surface area (Å²) in [5.41, 5.74) is 0.814. The number of benzene rings is 1. The highest BCUT2D eigenvalue weighted by atomic mass is 19.4. The van der Waals surface area contributed by atoms with Crippen molar-refractivity contribution >= 4 is 11.6 Å². The number of halogens is 3.